The lowest BCUT2D eigenvalue weighted by Gasteiger charge is -2.31. The van der Waals surface area contributed by atoms with E-state index in [0.29, 0.717) is 0 Å². The maximum atomic E-state index is 10.6. The summed E-state index contributed by atoms with van der Waals surface area (Å²) in [4.78, 5) is 1.42. The Balaban J connectivity index is 0.00000162. The number of morpholine rings is 1. The largest absolute Gasteiger partial charge is 1.00 e. The molecule has 1 aromatic carbocycles. The van der Waals surface area contributed by atoms with Crippen LogP contribution in [-0.4, -0.2) is 38.0 Å². The first-order chi connectivity index (χ1) is 8.08. The average molecular weight is 272 g/mol. The molecule has 0 aromatic heterocycles. The number of quaternary nitrogens is 1. The number of benzene rings is 1. The van der Waals surface area contributed by atoms with Crippen molar-refractivity contribution in [1.82, 2.24) is 0 Å². The van der Waals surface area contributed by atoms with Crippen LogP contribution in [0.1, 0.15) is 18.1 Å². The molecule has 18 heavy (non-hydrogen) atoms. The van der Waals surface area contributed by atoms with Crippen LogP contribution in [0.5, 0.6) is 0 Å². The van der Waals surface area contributed by atoms with E-state index in [9.17, 15) is 5.11 Å². The average Bonchev–Trinajstić information content (AvgIpc) is 2.30. The number of rotatable bonds is 3. The third-order valence-corrected chi connectivity index (χ3v) is 3.47. The minimum atomic E-state index is -0.750. The van der Waals surface area contributed by atoms with Gasteiger partial charge in [-0.05, 0) is 19.4 Å². The standard InChI is InChI=1S/C14H21NO2.ClH/c1-12-3-5-13(6-4-12)14(2,16)11-15-7-9-17-10-8-15;/h3-6,16H,7-11H2,1-2H3;1H. The highest BCUT2D eigenvalue weighted by Crippen LogP contribution is 2.19. The molecule has 0 amide bonds. The van der Waals surface area contributed by atoms with Crippen LogP contribution in [0.15, 0.2) is 24.3 Å². The van der Waals surface area contributed by atoms with E-state index in [1.807, 2.05) is 19.1 Å². The second kappa shape index (κ2) is 6.53. The van der Waals surface area contributed by atoms with Crippen LogP contribution in [0.3, 0.4) is 0 Å². The Morgan fingerprint density at radius 2 is 1.78 bits per heavy atom. The predicted octanol–water partition coefficient (Wildman–Crippen LogP) is -2.88. The van der Waals surface area contributed by atoms with Crippen LogP contribution >= 0.6 is 0 Å². The Kier molecular flexibility index (Phi) is 5.60. The van der Waals surface area contributed by atoms with E-state index in [1.54, 1.807) is 0 Å². The van der Waals surface area contributed by atoms with Crippen molar-refractivity contribution in [3.63, 3.8) is 0 Å². The molecule has 0 radical (unpaired) electrons. The van der Waals surface area contributed by atoms with Crippen LogP contribution in [0.4, 0.5) is 0 Å². The zero-order valence-electron chi connectivity index (χ0n) is 11.1. The summed E-state index contributed by atoms with van der Waals surface area (Å²) in [6.07, 6.45) is 0. The van der Waals surface area contributed by atoms with E-state index in [2.05, 4.69) is 19.1 Å². The Morgan fingerprint density at radius 1 is 1.22 bits per heavy atom. The summed E-state index contributed by atoms with van der Waals surface area (Å²) < 4.78 is 5.33. The fourth-order valence-corrected chi connectivity index (χ4v) is 2.34. The number of ether oxygens (including phenoxy) is 1. The van der Waals surface area contributed by atoms with Crippen LogP contribution < -0.4 is 17.3 Å². The van der Waals surface area contributed by atoms with Crippen molar-refractivity contribution in [2.75, 3.05) is 32.8 Å². The molecule has 1 aliphatic heterocycles. The van der Waals surface area contributed by atoms with Crippen molar-refractivity contribution < 1.29 is 27.2 Å². The molecule has 1 unspecified atom stereocenters. The zero-order valence-corrected chi connectivity index (χ0v) is 11.8. The molecule has 0 saturated carbocycles. The number of aryl methyl sites for hydroxylation is 1. The zero-order chi connectivity index (χ0) is 12.3. The van der Waals surface area contributed by atoms with E-state index in [0.717, 1.165) is 38.4 Å². The highest BCUT2D eigenvalue weighted by atomic mass is 35.5. The first-order valence-electron chi connectivity index (χ1n) is 6.29. The number of aliphatic hydroxyl groups is 1. The van der Waals surface area contributed by atoms with Gasteiger partial charge in [-0.2, -0.15) is 0 Å². The van der Waals surface area contributed by atoms with Crippen molar-refractivity contribution in [3.8, 4) is 0 Å². The van der Waals surface area contributed by atoms with Gasteiger partial charge in [0.2, 0.25) is 0 Å². The van der Waals surface area contributed by atoms with Crippen molar-refractivity contribution in [2.24, 2.45) is 0 Å². The number of hydrogen-bond donors (Lipinski definition) is 2. The predicted molar refractivity (Wildman–Crippen MR) is 67.1 cm³/mol. The van der Waals surface area contributed by atoms with E-state index in [1.165, 1.54) is 10.5 Å². The Bertz CT molecular complexity index is 359. The van der Waals surface area contributed by atoms with Gasteiger partial charge in [-0.25, -0.2) is 0 Å². The summed E-state index contributed by atoms with van der Waals surface area (Å²) in [5.74, 6) is 0. The summed E-state index contributed by atoms with van der Waals surface area (Å²) in [5.41, 5.74) is 1.48. The number of nitrogens with one attached hydrogen (secondary N) is 1. The molecule has 1 heterocycles. The molecular weight excluding hydrogens is 250 g/mol. The number of hydrogen-bond acceptors (Lipinski definition) is 2. The van der Waals surface area contributed by atoms with Crippen LogP contribution in [0, 0.1) is 6.92 Å². The van der Waals surface area contributed by atoms with Crippen LogP contribution in [-0.2, 0) is 10.3 Å². The molecule has 0 bridgehead atoms. The van der Waals surface area contributed by atoms with Gasteiger partial charge in [0.1, 0.15) is 25.2 Å². The third-order valence-electron chi connectivity index (χ3n) is 3.47. The van der Waals surface area contributed by atoms with Crippen molar-refractivity contribution in [1.29, 1.82) is 0 Å². The lowest BCUT2D eigenvalue weighted by molar-refractivity contribution is -0.915. The monoisotopic (exact) mass is 271 g/mol. The molecule has 4 heteroatoms. The molecule has 1 aromatic rings. The summed E-state index contributed by atoms with van der Waals surface area (Å²) in [6.45, 7) is 8.30. The second-order valence-corrected chi connectivity index (χ2v) is 5.18. The van der Waals surface area contributed by atoms with Crippen molar-refractivity contribution in [3.05, 3.63) is 35.4 Å². The SMILES string of the molecule is Cc1ccc(C(C)(O)C[NH+]2CCOCC2)cc1.[Cl-]. The van der Waals surface area contributed by atoms with Crippen LogP contribution in [0.2, 0.25) is 0 Å². The minimum Gasteiger partial charge on any atom is -1.00 e. The van der Waals surface area contributed by atoms with E-state index < -0.39 is 5.60 Å². The third kappa shape index (κ3) is 3.95. The van der Waals surface area contributed by atoms with Gasteiger partial charge in [-0.15, -0.1) is 0 Å². The second-order valence-electron chi connectivity index (χ2n) is 5.18. The van der Waals surface area contributed by atoms with Gasteiger partial charge in [-0.3, -0.25) is 0 Å². The van der Waals surface area contributed by atoms with E-state index >= 15 is 0 Å². The van der Waals surface area contributed by atoms with Gasteiger partial charge in [0, 0.05) is 0 Å². The molecule has 0 spiro atoms. The lowest BCUT2D eigenvalue weighted by atomic mass is 9.94. The fourth-order valence-electron chi connectivity index (χ4n) is 2.34. The van der Waals surface area contributed by atoms with Gasteiger partial charge < -0.3 is 27.2 Å². The van der Waals surface area contributed by atoms with Crippen molar-refractivity contribution >= 4 is 0 Å². The van der Waals surface area contributed by atoms with E-state index in [-0.39, 0.29) is 12.4 Å². The fraction of sp³-hybridized carbons (Fsp3) is 0.571. The Hall–Kier alpha value is -0.610. The highest BCUT2D eigenvalue weighted by molar-refractivity contribution is 5.25. The van der Waals surface area contributed by atoms with Crippen LogP contribution in [0.25, 0.3) is 0 Å². The molecule has 102 valence electrons. The Labute approximate surface area is 115 Å². The molecule has 3 nitrogen and oxygen atoms in total. The summed E-state index contributed by atoms with van der Waals surface area (Å²) >= 11 is 0. The first-order valence-corrected chi connectivity index (χ1v) is 6.29. The van der Waals surface area contributed by atoms with Gasteiger partial charge in [0.25, 0.3) is 0 Å². The molecule has 1 atom stereocenters. The summed E-state index contributed by atoms with van der Waals surface area (Å²) in [7, 11) is 0. The van der Waals surface area contributed by atoms with Gasteiger partial charge >= 0.3 is 0 Å². The highest BCUT2D eigenvalue weighted by Gasteiger charge is 2.29. The van der Waals surface area contributed by atoms with Gasteiger partial charge in [-0.1, -0.05) is 29.8 Å². The number of halogens is 1. The maximum absolute atomic E-state index is 10.6. The maximum Gasteiger partial charge on any atom is 0.135 e. The first kappa shape index (κ1) is 15.4. The molecule has 2 rings (SSSR count). The minimum absolute atomic E-state index is 0. The lowest BCUT2D eigenvalue weighted by Crippen LogP contribution is -3.15. The normalized spacial score (nSPS) is 19.9. The van der Waals surface area contributed by atoms with E-state index in [4.69, 9.17) is 4.74 Å². The smallest absolute Gasteiger partial charge is 0.135 e. The molecular formula is C14H22ClNO2. The molecule has 1 saturated heterocycles. The summed E-state index contributed by atoms with van der Waals surface area (Å²) in [6, 6.07) is 8.15. The van der Waals surface area contributed by atoms with Gasteiger partial charge in [0.05, 0.1) is 13.2 Å². The summed E-state index contributed by atoms with van der Waals surface area (Å²) in [5, 5.41) is 10.6. The molecule has 2 N–H and O–H groups in total. The molecule has 1 aliphatic rings. The Morgan fingerprint density at radius 3 is 2.33 bits per heavy atom. The van der Waals surface area contributed by atoms with Crippen molar-refractivity contribution in [2.45, 2.75) is 19.4 Å². The quantitative estimate of drug-likeness (QED) is 0.620. The topological polar surface area (TPSA) is 33.9 Å². The molecule has 1 fully saturated rings. The molecule has 0 aliphatic carbocycles. The van der Waals surface area contributed by atoms with Gasteiger partial charge in [0.15, 0.2) is 0 Å².